The maximum atomic E-state index is 3.62. The van der Waals surface area contributed by atoms with E-state index in [9.17, 15) is 0 Å². The van der Waals surface area contributed by atoms with Gasteiger partial charge < -0.3 is 14.5 Å². The smallest absolute Gasteiger partial charge is 0.0547 e. The van der Waals surface area contributed by atoms with Crippen molar-refractivity contribution in [1.82, 2.24) is 14.5 Å². The quantitative estimate of drug-likeness (QED) is 0.211. The Morgan fingerprint density at radius 3 is 1.64 bits per heavy atom. The van der Waals surface area contributed by atoms with Crippen molar-refractivity contribution in [2.75, 3.05) is 0 Å². The topological polar surface area (TPSA) is 36.5 Å². The van der Waals surface area contributed by atoms with Crippen LogP contribution in [0.3, 0.4) is 0 Å². The lowest BCUT2D eigenvalue weighted by molar-refractivity contribution is 1.18. The molecule has 0 spiro atoms. The average Bonchev–Trinajstić information content (AvgIpc) is 3.76. The van der Waals surface area contributed by atoms with Gasteiger partial charge in [0.2, 0.25) is 0 Å². The maximum Gasteiger partial charge on any atom is 0.0547 e. The number of rotatable bonds is 3. The lowest BCUT2D eigenvalue weighted by Crippen LogP contribution is -1.93. The van der Waals surface area contributed by atoms with Gasteiger partial charge in [-0.25, -0.2) is 0 Å². The van der Waals surface area contributed by atoms with E-state index in [0.717, 1.165) is 16.7 Å². The molecule has 45 heavy (non-hydrogen) atoms. The van der Waals surface area contributed by atoms with Gasteiger partial charge in [-0.2, -0.15) is 0 Å². The van der Waals surface area contributed by atoms with E-state index in [1.54, 1.807) is 0 Å². The number of para-hydroxylation sites is 3. The normalized spacial score (nSPS) is 12.0. The van der Waals surface area contributed by atoms with E-state index in [1.807, 2.05) is 0 Å². The van der Waals surface area contributed by atoms with Gasteiger partial charge in [-0.3, -0.25) is 0 Å². The molecule has 7 aromatic carbocycles. The molecule has 3 aromatic heterocycles. The predicted molar refractivity (Wildman–Crippen MR) is 190 cm³/mol. The molecule has 2 N–H and O–H groups in total. The second-order valence-electron chi connectivity index (χ2n) is 12.0. The van der Waals surface area contributed by atoms with Crippen LogP contribution in [0.25, 0.3) is 93.4 Å². The van der Waals surface area contributed by atoms with Crippen molar-refractivity contribution in [2.45, 2.75) is 0 Å². The number of nitrogens with zero attached hydrogens (tertiary/aromatic N) is 1. The summed E-state index contributed by atoms with van der Waals surface area (Å²) in [6.45, 7) is 0. The number of hydrogen-bond acceptors (Lipinski definition) is 0. The molecule has 3 heteroatoms. The molecule has 10 rings (SSSR count). The zero-order chi connectivity index (χ0) is 29.5. The average molecular weight is 574 g/mol. The molecule has 3 nitrogen and oxygen atoms in total. The second kappa shape index (κ2) is 9.22. The lowest BCUT2D eigenvalue weighted by Gasteiger charge is -2.09. The summed E-state index contributed by atoms with van der Waals surface area (Å²) in [5.41, 5.74) is 13.1. The summed E-state index contributed by atoms with van der Waals surface area (Å²) < 4.78 is 2.41. The minimum atomic E-state index is 1.16. The lowest BCUT2D eigenvalue weighted by atomic mass is 9.99. The number of benzene rings is 7. The molecule has 0 unspecified atom stereocenters. The maximum absolute atomic E-state index is 3.62. The summed E-state index contributed by atoms with van der Waals surface area (Å²) in [5.74, 6) is 0. The van der Waals surface area contributed by atoms with Gasteiger partial charge >= 0.3 is 0 Å². The largest absolute Gasteiger partial charge is 0.355 e. The first-order valence-electron chi connectivity index (χ1n) is 15.4. The van der Waals surface area contributed by atoms with Crippen LogP contribution in [0.4, 0.5) is 0 Å². The monoisotopic (exact) mass is 573 g/mol. The van der Waals surface area contributed by atoms with Crippen molar-refractivity contribution < 1.29 is 0 Å². The van der Waals surface area contributed by atoms with E-state index in [-0.39, 0.29) is 0 Å². The zero-order valence-corrected chi connectivity index (χ0v) is 24.4. The zero-order valence-electron chi connectivity index (χ0n) is 24.4. The number of aromatic nitrogens is 3. The summed E-state index contributed by atoms with van der Waals surface area (Å²) in [7, 11) is 0. The molecule has 0 aliphatic rings. The highest BCUT2D eigenvalue weighted by molar-refractivity contribution is 6.13. The van der Waals surface area contributed by atoms with Gasteiger partial charge in [-0.15, -0.1) is 0 Å². The fraction of sp³-hybridized carbons (Fsp3) is 0. The van der Waals surface area contributed by atoms with Crippen molar-refractivity contribution in [1.29, 1.82) is 0 Å². The highest BCUT2D eigenvalue weighted by Crippen LogP contribution is 2.39. The number of nitrogens with one attached hydrogen (secondary N) is 2. The number of aromatic amines is 2. The van der Waals surface area contributed by atoms with Gasteiger partial charge in [-0.05, 0) is 82.9 Å². The number of H-pyrrole nitrogens is 2. The summed E-state index contributed by atoms with van der Waals surface area (Å²) in [5, 5.41) is 7.53. The van der Waals surface area contributed by atoms with Gasteiger partial charge in [0.1, 0.15) is 0 Å². The SMILES string of the molecule is c1ccc(-n2c3ccc(-c4ccc5c(c4)[nH]c4ccccc45)cc3c3ccc(-c4ccc5[nH]c6ccccc6c5c4)cc32)cc1. The van der Waals surface area contributed by atoms with Crippen molar-refractivity contribution in [2.24, 2.45) is 0 Å². The Kier molecular flexibility index (Phi) is 5.00. The molecule has 0 aliphatic heterocycles. The molecular formula is C42H27N3. The fourth-order valence-corrected chi connectivity index (χ4v) is 7.30. The third-order valence-corrected chi connectivity index (χ3v) is 9.46. The van der Waals surface area contributed by atoms with Gasteiger partial charge in [-0.1, -0.05) is 91.0 Å². The number of fused-ring (bicyclic) bond motifs is 9. The Labute approximate surface area is 259 Å². The third kappa shape index (κ3) is 3.65. The second-order valence-corrected chi connectivity index (χ2v) is 12.0. The van der Waals surface area contributed by atoms with Crippen molar-refractivity contribution >= 4 is 65.4 Å². The highest BCUT2D eigenvalue weighted by atomic mass is 15.0. The molecule has 0 radical (unpaired) electrons. The van der Waals surface area contributed by atoms with Gasteiger partial charge in [0.05, 0.1) is 11.0 Å². The first kappa shape index (κ1) is 24.4. The van der Waals surface area contributed by atoms with Crippen LogP contribution in [0.1, 0.15) is 0 Å². The Hall–Kier alpha value is -6.06. The van der Waals surface area contributed by atoms with Crippen LogP contribution in [-0.2, 0) is 0 Å². The molecule has 0 saturated heterocycles. The minimum Gasteiger partial charge on any atom is -0.355 e. The van der Waals surface area contributed by atoms with Crippen molar-refractivity contribution in [3.05, 3.63) is 152 Å². The Morgan fingerprint density at radius 2 is 0.844 bits per heavy atom. The van der Waals surface area contributed by atoms with E-state index in [4.69, 9.17) is 0 Å². The first-order chi connectivity index (χ1) is 22.3. The van der Waals surface area contributed by atoms with Crippen LogP contribution in [0.15, 0.2) is 152 Å². The molecule has 10 aromatic rings. The Morgan fingerprint density at radius 1 is 0.311 bits per heavy atom. The molecular weight excluding hydrogens is 546 g/mol. The molecule has 0 fully saturated rings. The molecule has 3 heterocycles. The number of hydrogen-bond donors (Lipinski definition) is 2. The molecule has 0 saturated carbocycles. The van der Waals surface area contributed by atoms with Crippen molar-refractivity contribution in [3.8, 4) is 27.9 Å². The Bertz CT molecular complexity index is 2760. The minimum absolute atomic E-state index is 1.16. The fourth-order valence-electron chi connectivity index (χ4n) is 7.30. The van der Waals surface area contributed by atoms with E-state index >= 15 is 0 Å². The van der Waals surface area contributed by atoms with Gasteiger partial charge in [0, 0.05) is 60.1 Å². The van der Waals surface area contributed by atoms with Gasteiger partial charge in [0.25, 0.3) is 0 Å². The summed E-state index contributed by atoms with van der Waals surface area (Å²) in [4.78, 5) is 7.18. The van der Waals surface area contributed by atoms with Crippen LogP contribution in [-0.4, -0.2) is 14.5 Å². The molecule has 0 atom stereocenters. The Balaban J connectivity index is 1.17. The summed E-state index contributed by atoms with van der Waals surface area (Å²) in [6, 6.07) is 55.1. The van der Waals surface area contributed by atoms with Crippen LogP contribution in [0.5, 0.6) is 0 Å². The summed E-state index contributed by atoms with van der Waals surface area (Å²) in [6.07, 6.45) is 0. The summed E-state index contributed by atoms with van der Waals surface area (Å²) >= 11 is 0. The van der Waals surface area contributed by atoms with Crippen molar-refractivity contribution in [3.63, 3.8) is 0 Å². The van der Waals surface area contributed by atoms with Crippen LogP contribution < -0.4 is 0 Å². The van der Waals surface area contributed by atoms with Crippen LogP contribution >= 0.6 is 0 Å². The first-order valence-corrected chi connectivity index (χ1v) is 15.4. The van der Waals surface area contributed by atoms with E-state index in [1.165, 1.54) is 76.6 Å². The molecule has 0 bridgehead atoms. The highest BCUT2D eigenvalue weighted by Gasteiger charge is 2.16. The molecule has 0 aliphatic carbocycles. The molecule has 210 valence electrons. The van der Waals surface area contributed by atoms with E-state index < -0.39 is 0 Å². The van der Waals surface area contributed by atoms with Gasteiger partial charge in [0.15, 0.2) is 0 Å². The predicted octanol–water partition coefficient (Wildman–Crippen LogP) is 11.4. The standard InChI is InChI=1S/C42H27N3/c1-2-8-30(9-3-1)45-41-21-17-27(28-14-18-33-31-10-4-6-12-37(31)44-40(33)24-28)23-36(41)34-19-15-29(25-42(34)45)26-16-20-39-35(22-26)32-11-5-7-13-38(32)43-39/h1-25,43-44H. The van der Waals surface area contributed by atoms with Crippen LogP contribution in [0.2, 0.25) is 0 Å². The van der Waals surface area contributed by atoms with E-state index in [0.29, 0.717) is 0 Å². The molecule has 0 amide bonds. The van der Waals surface area contributed by atoms with E-state index in [2.05, 4.69) is 166 Å². The third-order valence-electron chi connectivity index (χ3n) is 9.46. The van der Waals surface area contributed by atoms with Crippen LogP contribution in [0, 0.1) is 0 Å².